The van der Waals surface area contributed by atoms with Crippen molar-refractivity contribution in [3.63, 3.8) is 0 Å². The summed E-state index contributed by atoms with van der Waals surface area (Å²) in [5.74, 6) is -12.2. The number of aliphatic hydroxyl groups excluding tert-OH is 1. The number of hydrogen-bond acceptors (Lipinski definition) is 2. The fraction of sp³-hybridized carbons (Fsp3) is 0.143. The molecule has 2 nitrogen and oxygen atoms in total. The third kappa shape index (κ3) is 1.50. The van der Waals surface area contributed by atoms with Gasteiger partial charge in [0.1, 0.15) is 0 Å². The van der Waals surface area contributed by atoms with E-state index in [-0.39, 0.29) is 0 Å². The third-order valence-electron chi connectivity index (χ3n) is 1.38. The molecule has 1 aromatic carbocycles. The number of ether oxygens (including phenoxy) is 1. The summed E-state index contributed by atoms with van der Waals surface area (Å²) in [4.78, 5) is 0. The van der Waals surface area contributed by atoms with Crippen LogP contribution in [0.3, 0.4) is 0 Å². The Morgan fingerprint density at radius 1 is 0.786 bits per heavy atom. The average Bonchev–Trinajstić information content (AvgIpc) is 2.19. The van der Waals surface area contributed by atoms with Crippen LogP contribution in [0.4, 0.5) is 22.0 Å². The molecular weight excluding hydrogens is 211 g/mol. The van der Waals surface area contributed by atoms with Gasteiger partial charge in [-0.2, -0.15) is 8.78 Å². The van der Waals surface area contributed by atoms with Crippen molar-refractivity contribution in [2.45, 2.75) is 0 Å². The quantitative estimate of drug-likeness (QED) is 0.351. The van der Waals surface area contributed by atoms with Gasteiger partial charge in [-0.05, 0) is 0 Å². The van der Waals surface area contributed by atoms with Crippen LogP contribution in [0.1, 0.15) is 0 Å². The number of halogens is 5. The van der Waals surface area contributed by atoms with Gasteiger partial charge in [-0.25, -0.2) is 13.2 Å². The summed E-state index contributed by atoms with van der Waals surface area (Å²) in [7, 11) is 0. The minimum atomic E-state index is -2.27. The largest absolute Gasteiger partial charge is 0.461 e. The first-order valence-electron chi connectivity index (χ1n) is 3.25. The molecule has 14 heavy (non-hydrogen) atoms. The molecule has 1 rings (SSSR count). The molecule has 0 heterocycles. The van der Waals surface area contributed by atoms with Crippen LogP contribution < -0.4 is 4.74 Å². The summed E-state index contributed by atoms with van der Waals surface area (Å²) in [6.07, 6.45) is 0. The van der Waals surface area contributed by atoms with Gasteiger partial charge in [0, 0.05) is 0 Å². The zero-order chi connectivity index (χ0) is 10.9. The first-order chi connectivity index (χ1) is 6.50. The van der Waals surface area contributed by atoms with E-state index in [1.54, 1.807) is 0 Å². The molecule has 0 bridgehead atoms. The van der Waals surface area contributed by atoms with Crippen molar-refractivity contribution in [1.29, 1.82) is 0 Å². The molecule has 1 N–H and O–H groups in total. The van der Waals surface area contributed by atoms with Crippen molar-refractivity contribution in [3.05, 3.63) is 29.1 Å². The van der Waals surface area contributed by atoms with E-state index in [1.807, 2.05) is 0 Å². The molecule has 0 aliphatic carbocycles. The van der Waals surface area contributed by atoms with E-state index >= 15 is 0 Å². The van der Waals surface area contributed by atoms with Crippen LogP contribution in [-0.4, -0.2) is 11.9 Å². The Morgan fingerprint density at radius 2 is 1.14 bits per heavy atom. The van der Waals surface area contributed by atoms with Gasteiger partial charge in [-0.3, -0.25) is 0 Å². The predicted molar refractivity (Wildman–Crippen MR) is 33.9 cm³/mol. The molecule has 0 atom stereocenters. The Hall–Kier alpha value is -1.37. The standard InChI is InChI=1S/C7H3F5O2/c8-2-3(9)5(11)7(14-1-13)6(12)4(2)10/h13H,1H2. The van der Waals surface area contributed by atoms with E-state index in [9.17, 15) is 22.0 Å². The summed E-state index contributed by atoms with van der Waals surface area (Å²) in [5.41, 5.74) is 0. The summed E-state index contributed by atoms with van der Waals surface area (Å²) in [6.45, 7) is -1.20. The van der Waals surface area contributed by atoms with E-state index in [0.717, 1.165) is 0 Å². The molecule has 0 aromatic heterocycles. The van der Waals surface area contributed by atoms with Crippen molar-refractivity contribution in [1.82, 2.24) is 0 Å². The molecule has 1 aromatic rings. The fourth-order valence-corrected chi connectivity index (χ4v) is 0.776. The average molecular weight is 214 g/mol. The normalized spacial score (nSPS) is 10.4. The molecule has 0 aliphatic heterocycles. The molecule has 78 valence electrons. The topological polar surface area (TPSA) is 29.5 Å². The monoisotopic (exact) mass is 214 g/mol. The molecule has 0 spiro atoms. The zero-order valence-corrected chi connectivity index (χ0v) is 6.45. The van der Waals surface area contributed by atoms with Gasteiger partial charge >= 0.3 is 0 Å². The number of rotatable bonds is 2. The second-order valence-corrected chi connectivity index (χ2v) is 2.17. The van der Waals surface area contributed by atoms with Gasteiger partial charge in [-0.15, -0.1) is 0 Å². The van der Waals surface area contributed by atoms with Crippen molar-refractivity contribution in [2.75, 3.05) is 6.79 Å². The van der Waals surface area contributed by atoms with Gasteiger partial charge in [0.2, 0.25) is 29.1 Å². The summed E-state index contributed by atoms with van der Waals surface area (Å²) in [6, 6.07) is 0. The van der Waals surface area contributed by atoms with Crippen molar-refractivity contribution < 1.29 is 31.8 Å². The highest BCUT2D eigenvalue weighted by atomic mass is 19.2. The maximum atomic E-state index is 12.6. The highest BCUT2D eigenvalue weighted by Crippen LogP contribution is 2.28. The van der Waals surface area contributed by atoms with Crippen LogP contribution in [0.5, 0.6) is 5.75 Å². The van der Waals surface area contributed by atoms with Crippen LogP contribution in [-0.2, 0) is 0 Å². The summed E-state index contributed by atoms with van der Waals surface area (Å²) >= 11 is 0. The van der Waals surface area contributed by atoms with Gasteiger partial charge in [-0.1, -0.05) is 0 Å². The maximum absolute atomic E-state index is 12.6. The lowest BCUT2D eigenvalue weighted by atomic mass is 10.3. The molecule has 7 heteroatoms. The number of benzene rings is 1. The Morgan fingerprint density at radius 3 is 1.50 bits per heavy atom. The van der Waals surface area contributed by atoms with Crippen molar-refractivity contribution >= 4 is 0 Å². The fourth-order valence-electron chi connectivity index (χ4n) is 0.776. The van der Waals surface area contributed by atoms with E-state index in [0.29, 0.717) is 0 Å². The molecule has 0 radical (unpaired) electrons. The number of hydrogen-bond donors (Lipinski definition) is 1. The van der Waals surface area contributed by atoms with Crippen LogP contribution in [0, 0.1) is 29.1 Å². The van der Waals surface area contributed by atoms with Crippen molar-refractivity contribution in [3.8, 4) is 5.75 Å². The minimum Gasteiger partial charge on any atom is -0.461 e. The van der Waals surface area contributed by atoms with Crippen LogP contribution in [0.2, 0.25) is 0 Å². The Balaban J connectivity index is 3.43. The van der Waals surface area contributed by atoms with Crippen LogP contribution in [0.25, 0.3) is 0 Å². The lowest BCUT2D eigenvalue weighted by Crippen LogP contribution is -2.07. The highest BCUT2D eigenvalue weighted by Gasteiger charge is 2.26. The predicted octanol–water partition coefficient (Wildman–Crippen LogP) is 1.71. The SMILES string of the molecule is OCOc1c(F)c(F)c(F)c(F)c1F. The Kier molecular flexibility index (Phi) is 2.90. The second-order valence-electron chi connectivity index (χ2n) is 2.17. The molecular formula is C7H3F5O2. The van der Waals surface area contributed by atoms with E-state index in [1.165, 1.54) is 0 Å². The Labute approximate surface area is 74.5 Å². The lowest BCUT2D eigenvalue weighted by Gasteiger charge is -2.07. The molecule has 0 fully saturated rings. The first kappa shape index (κ1) is 10.7. The molecule has 0 saturated carbocycles. The van der Waals surface area contributed by atoms with E-state index < -0.39 is 41.6 Å². The van der Waals surface area contributed by atoms with E-state index in [4.69, 9.17) is 5.11 Å². The molecule has 0 aliphatic rings. The smallest absolute Gasteiger partial charge is 0.207 e. The zero-order valence-electron chi connectivity index (χ0n) is 6.45. The van der Waals surface area contributed by atoms with E-state index in [2.05, 4.69) is 4.74 Å². The summed E-state index contributed by atoms with van der Waals surface area (Å²) in [5, 5.41) is 8.13. The lowest BCUT2D eigenvalue weighted by molar-refractivity contribution is 0.0874. The van der Waals surface area contributed by atoms with Gasteiger partial charge in [0.25, 0.3) is 0 Å². The number of aliphatic hydroxyl groups is 1. The first-order valence-corrected chi connectivity index (χ1v) is 3.25. The molecule has 0 amide bonds. The van der Waals surface area contributed by atoms with Gasteiger partial charge < -0.3 is 9.84 Å². The second kappa shape index (κ2) is 3.79. The van der Waals surface area contributed by atoms with Crippen LogP contribution >= 0.6 is 0 Å². The van der Waals surface area contributed by atoms with Crippen molar-refractivity contribution in [2.24, 2.45) is 0 Å². The highest BCUT2D eigenvalue weighted by molar-refractivity contribution is 5.29. The van der Waals surface area contributed by atoms with Gasteiger partial charge in [0.05, 0.1) is 0 Å². The third-order valence-corrected chi connectivity index (χ3v) is 1.38. The Bertz CT molecular complexity index is 337. The molecule has 0 saturated heterocycles. The maximum Gasteiger partial charge on any atom is 0.207 e. The minimum absolute atomic E-state index is 1.20. The van der Waals surface area contributed by atoms with Gasteiger partial charge in [0.15, 0.2) is 12.5 Å². The molecule has 0 unspecified atom stereocenters. The van der Waals surface area contributed by atoms with Crippen LogP contribution in [0.15, 0.2) is 0 Å². The summed E-state index contributed by atoms with van der Waals surface area (Å²) < 4.78 is 66.3.